The maximum atomic E-state index is 14.0. The monoisotopic (exact) mass is 488 g/mol. The molecule has 2 saturated heterocycles. The van der Waals surface area contributed by atoms with Crippen LogP contribution < -0.4 is 0 Å². The van der Waals surface area contributed by atoms with Crippen LogP contribution in [0, 0.1) is 11.8 Å². The fraction of sp³-hybridized carbons (Fsp3) is 0.741. The zero-order chi connectivity index (χ0) is 25.1. The number of hydrogen-bond donors (Lipinski definition) is 1. The summed E-state index contributed by atoms with van der Waals surface area (Å²) in [5.41, 5.74) is -2.24. The van der Waals surface area contributed by atoms with Gasteiger partial charge in [-0.1, -0.05) is 50.5 Å². The number of aliphatic hydroxyl groups is 1. The lowest BCUT2D eigenvalue weighted by Gasteiger charge is -2.37. The van der Waals surface area contributed by atoms with Crippen LogP contribution in [0.2, 0.25) is 0 Å². The van der Waals surface area contributed by atoms with Crippen LogP contribution in [-0.2, 0) is 23.9 Å². The van der Waals surface area contributed by atoms with Crippen LogP contribution in [0.25, 0.3) is 0 Å². The van der Waals surface area contributed by atoms with E-state index in [0.29, 0.717) is 26.2 Å². The standard InChI is InChI=1S/C27H40N2O6/c1-3-4-15-28-16-12-14-27-20(21-25(33)34-19-11-7-8-13-26(21,2)35-27)23(31)29(22(27)24(28)32)17-9-5-6-10-18-30/h8,12-14,20-22,30H,3-7,9-11,15-19H2,1-2H3/b13-8-/t20-,21-,22?,26+,27-/m0/s1. The van der Waals surface area contributed by atoms with Crippen molar-refractivity contribution < 1.29 is 29.0 Å². The van der Waals surface area contributed by atoms with Crippen molar-refractivity contribution in [2.24, 2.45) is 11.8 Å². The van der Waals surface area contributed by atoms with Gasteiger partial charge in [0.05, 0.1) is 18.1 Å². The molecule has 0 aromatic heterocycles. The smallest absolute Gasteiger partial charge is 0.313 e. The minimum absolute atomic E-state index is 0.109. The molecule has 4 rings (SSSR count). The van der Waals surface area contributed by atoms with Crippen LogP contribution in [0.5, 0.6) is 0 Å². The van der Waals surface area contributed by atoms with Gasteiger partial charge in [0, 0.05) is 26.2 Å². The molecule has 4 heterocycles. The molecule has 5 atom stereocenters. The van der Waals surface area contributed by atoms with E-state index < -0.39 is 35.0 Å². The number of hydrogen-bond acceptors (Lipinski definition) is 6. The number of allylic oxidation sites excluding steroid dienone is 1. The summed E-state index contributed by atoms with van der Waals surface area (Å²) in [7, 11) is 0. The Balaban J connectivity index is 1.73. The number of likely N-dealkylation sites (tertiary alicyclic amines) is 1. The number of cyclic esters (lactones) is 1. The Morgan fingerprint density at radius 3 is 2.57 bits per heavy atom. The summed E-state index contributed by atoms with van der Waals surface area (Å²) in [5.74, 6) is -2.36. The third-order valence-electron chi connectivity index (χ3n) is 7.92. The van der Waals surface area contributed by atoms with Crippen molar-refractivity contribution in [3.8, 4) is 0 Å². The Labute approximate surface area is 208 Å². The van der Waals surface area contributed by atoms with Gasteiger partial charge in [0.1, 0.15) is 17.6 Å². The van der Waals surface area contributed by atoms with E-state index >= 15 is 0 Å². The second kappa shape index (κ2) is 10.8. The molecule has 0 saturated carbocycles. The summed E-state index contributed by atoms with van der Waals surface area (Å²) in [6, 6.07) is -0.804. The quantitative estimate of drug-likeness (QED) is 0.305. The van der Waals surface area contributed by atoms with Gasteiger partial charge < -0.3 is 24.4 Å². The molecule has 0 aliphatic carbocycles. The first-order valence-electron chi connectivity index (χ1n) is 13.3. The number of fused-ring (bicyclic) bond motifs is 2. The molecule has 1 N–H and O–H groups in total. The zero-order valence-electron chi connectivity index (χ0n) is 21.1. The van der Waals surface area contributed by atoms with Crippen LogP contribution in [0.15, 0.2) is 24.3 Å². The molecule has 1 unspecified atom stereocenters. The maximum Gasteiger partial charge on any atom is 0.313 e. The molecule has 194 valence electrons. The predicted octanol–water partition coefficient (Wildman–Crippen LogP) is 2.60. The first kappa shape index (κ1) is 25.9. The number of amides is 2. The highest BCUT2D eigenvalue weighted by Gasteiger charge is 2.74. The fourth-order valence-electron chi connectivity index (χ4n) is 6.22. The van der Waals surface area contributed by atoms with Crippen molar-refractivity contribution in [3.05, 3.63) is 24.3 Å². The molecule has 0 aromatic rings. The third-order valence-corrected chi connectivity index (χ3v) is 7.92. The molecule has 0 radical (unpaired) electrons. The van der Waals surface area contributed by atoms with Gasteiger partial charge in [0.15, 0.2) is 0 Å². The van der Waals surface area contributed by atoms with E-state index in [4.69, 9.17) is 14.6 Å². The second-order valence-corrected chi connectivity index (χ2v) is 10.4. The number of carbonyl (C=O) groups excluding carboxylic acids is 3. The van der Waals surface area contributed by atoms with Gasteiger partial charge >= 0.3 is 5.97 Å². The molecule has 35 heavy (non-hydrogen) atoms. The lowest BCUT2D eigenvalue weighted by atomic mass is 9.74. The van der Waals surface area contributed by atoms with E-state index in [-0.39, 0.29) is 18.4 Å². The molecule has 1 spiro atoms. The van der Waals surface area contributed by atoms with Crippen molar-refractivity contribution in [2.75, 3.05) is 32.8 Å². The van der Waals surface area contributed by atoms with Crippen molar-refractivity contribution in [2.45, 2.75) is 82.5 Å². The van der Waals surface area contributed by atoms with Crippen molar-refractivity contribution in [1.29, 1.82) is 0 Å². The van der Waals surface area contributed by atoms with E-state index in [1.54, 1.807) is 4.90 Å². The molecule has 2 amide bonds. The molecule has 8 heteroatoms. The summed E-state index contributed by atoms with van der Waals surface area (Å²) in [6.45, 7) is 5.90. The van der Waals surface area contributed by atoms with Crippen molar-refractivity contribution in [3.63, 3.8) is 0 Å². The third kappa shape index (κ3) is 4.67. The molecular formula is C27H40N2O6. The van der Waals surface area contributed by atoms with E-state index in [1.807, 2.05) is 36.1 Å². The minimum Gasteiger partial charge on any atom is -0.465 e. The molecule has 2 fully saturated rings. The fourth-order valence-corrected chi connectivity index (χ4v) is 6.22. The summed E-state index contributed by atoms with van der Waals surface area (Å²) in [6.07, 6.45) is 14.2. The Morgan fingerprint density at radius 1 is 1.00 bits per heavy atom. The van der Waals surface area contributed by atoms with Gasteiger partial charge in [-0.25, -0.2) is 0 Å². The van der Waals surface area contributed by atoms with E-state index in [0.717, 1.165) is 51.4 Å². The van der Waals surface area contributed by atoms with Gasteiger partial charge in [0.2, 0.25) is 11.8 Å². The van der Waals surface area contributed by atoms with Gasteiger partial charge in [-0.05, 0) is 39.0 Å². The molecule has 4 aliphatic heterocycles. The number of aliphatic hydroxyl groups excluding tert-OH is 1. The Hall–Kier alpha value is -2.19. The summed E-state index contributed by atoms with van der Waals surface area (Å²) >= 11 is 0. The number of rotatable bonds is 9. The van der Waals surface area contributed by atoms with Crippen LogP contribution in [0.3, 0.4) is 0 Å². The number of unbranched alkanes of at least 4 members (excludes halogenated alkanes) is 4. The maximum absolute atomic E-state index is 14.0. The van der Waals surface area contributed by atoms with Gasteiger partial charge in [-0.2, -0.15) is 0 Å². The second-order valence-electron chi connectivity index (χ2n) is 10.4. The Morgan fingerprint density at radius 2 is 1.80 bits per heavy atom. The topological polar surface area (TPSA) is 96.4 Å². The van der Waals surface area contributed by atoms with E-state index in [2.05, 4.69) is 6.92 Å². The van der Waals surface area contributed by atoms with Crippen LogP contribution >= 0.6 is 0 Å². The average molecular weight is 489 g/mol. The SMILES string of the molecule is CCCCN1CC=C[C@]23O[C@]4(C)/C=C\CCCOC(=O)[C@@H]4[C@H]2C(=O)N(CCCCCCO)C3C1=O. The lowest BCUT2D eigenvalue weighted by Crippen LogP contribution is -2.56. The normalized spacial score (nSPS) is 35.5. The van der Waals surface area contributed by atoms with Crippen molar-refractivity contribution >= 4 is 17.8 Å². The average Bonchev–Trinajstić information content (AvgIpc) is 3.18. The molecule has 0 bridgehead atoms. The highest BCUT2D eigenvalue weighted by molar-refractivity contribution is 5.99. The number of nitrogens with zero attached hydrogens (tertiary/aromatic N) is 2. The Kier molecular flexibility index (Phi) is 8.01. The van der Waals surface area contributed by atoms with Crippen LogP contribution in [0.4, 0.5) is 0 Å². The molecular weight excluding hydrogens is 448 g/mol. The summed E-state index contributed by atoms with van der Waals surface area (Å²) in [4.78, 5) is 44.8. The van der Waals surface area contributed by atoms with Gasteiger partial charge in [-0.3, -0.25) is 14.4 Å². The lowest BCUT2D eigenvalue weighted by molar-refractivity contribution is -0.159. The molecule has 4 aliphatic rings. The van der Waals surface area contributed by atoms with Gasteiger partial charge in [-0.15, -0.1) is 0 Å². The molecule has 8 nitrogen and oxygen atoms in total. The Bertz CT molecular complexity index is 872. The van der Waals surface area contributed by atoms with Crippen LogP contribution in [0.1, 0.15) is 65.2 Å². The number of carbonyl (C=O) groups is 3. The first-order chi connectivity index (χ1) is 16.9. The zero-order valence-corrected chi connectivity index (χ0v) is 21.1. The molecule has 0 aromatic carbocycles. The highest BCUT2D eigenvalue weighted by atomic mass is 16.6. The minimum atomic E-state index is -1.21. The number of ether oxygens (including phenoxy) is 2. The first-order valence-corrected chi connectivity index (χ1v) is 13.3. The highest BCUT2D eigenvalue weighted by Crippen LogP contribution is 2.57. The van der Waals surface area contributed by atoms with Crippen molar-refractivity contribution in [1.82, 2.24) is 9.80 Å². The summed E-state index contributed by atoms with van der Waals surface area (Å²) < 4.78 is 12.4. The van der Waals surface area contributed by atoms with E-state index in [9.17, 15) is 14.4 Å². The largest absolute Gasteiger partial charge is 0.465 e. The number of esters is 1. The van der Waals surface area contributed by atoms with Gasteiger partial charge in [0.25, 0.3) is 0 Å². The van der Waals surface area contributed by atoms with E-state index in [1.165, 1.54) is 0 Å². The summed E-state index contributed by atoms with van der Waals surface area (Å²) in [5, 5.41) is 9.08. The van der Waals surface area contributed by atoms with Crippen LogP contribution in [-0.4, -0.2) is 82.8 Å². The predicted molar refractivity (Wildman–Crippen MR) is 130 cm³/mol.